The Balaban J connectivity index is 0.000000352. The molecule has 1 unspecified atom stereocenters. The first-order valence-electron chi connectivity index (χ1n) is 11.7. The first-order chi connectivity index (χ1) is 14.4. The number of carbonyl (C=O) groups excluding carboxylic acids is 2. The van der Waals surface area contributed by atoms with Crippen molar-refractivity contribution in [3.05, 3.63) is 16.0 Å². The quantitative estimate of drug-likeness (QED) is 0.364. The van der Waals surface area contributed by atoms with E-state index in [-0.39, 0.29) is 11.9 Å². The van der Waals surface area contributed by atoms with Crippen molar-refractivity contribution in [3.8, 4) is 0 Å². The molecular weight excluding hydrogens is 396 g/mol. The molecular formula is C24H42N2O3S. The van der Waals surface area contributed by atoms with Crippen LogP contribution in [0.15, 0.2) is 0 Å². The number of rotatable bonds is 10. The van der Waals surface area contributed by atoms with Crippen LogP contribution in [0.1, 0.15) is 94.4 Å². The molecule has 1 aromatic rings. The average molecular weight is 439 g/mol. The molecule has 1 aliphatic rings. The maximum Gasteiger partial charge on any atom is 0.341 e. The summed E-state index contributed by atoms with van der Waals surface area (Å²) in [4.78, 5) is 27.1. The largest absolute Gasteiger partial charge is 0.462 e. The average Bonchev–Trinajstić information content (AvgIpc) is 3.05. The van der Waals surface area contributed by atoms with Crippen LogP contribution in [0.4, 0.5) is 5.00 Å². The highest BCUT2D eigenvalue weighted by Gasteiger charge is 2.28. The summed E-state index contributed by atoms with van der Waals surface area (Å²) in [5, 5.41) is 3.41. The minimum Gasteiger partial charge on any atom is -0.462 e. The van der Waals surface area contributed by atoms with Gasteiger partial charge in [-0.3, -0.25) is 4.79 Å². The topological polar surface area (TPSA) is 58.6 Å². The Kier molecular flexibility index (Phi) is 12.9. The second-order valence-electron chi connectivity index (χ2n) is 8.05. The second kappa shape index (κ2) is 14.6. The number of carbonyl (C=O) groups is 2. The molecule has 0 spiro atoms. The third-order valence-electron chi connectivity index (χ3n) is 5.50. The van der Waals surface area contributed by atoms with Crippen molar-refractivity contribution in [2.45, 2.75) is 86.5 Å². The Labute approximate surface area is 187 Å². The van der Waals surface area contributed by atoms with Gasteiger partial charge in [0.25, 0.3) is 0 Å². The molecule has 0 aromatic carbocycles. The van der Waals surface area contributed by atoms with Gasteiger partial charge in [-0.15, -0.1) is 11.3 Å². The molecule has 5 nitrogen and oxygen atoms in total. The third kappa shape index (κ3) is 8.76. The Morgan fingerprint density at radius 1 is 1.13 bits per heavy atom. The van der Waals surface area contributed by atoms with Crippen LogP contribution in [-0.2, 0) is 22.4 Å². The predicted octanol–water partition coefficient (Wildman–Crippen LogP) is 5.92. The van der Waals surface area contributed by atoms with Gasteiger partial charge in [0, 0.05) is 11.8 Å². The Bertz CT molecular complexity index is 653. The maximum absolute atomic E-state index is 12.1. The number of nitrogens with one attached hydrogen (secondary N) is 1. The number of esters is 1. The van der Waals surface area contributed by atoms with Crippen LogP contribution in [0.5, 0.6) is 0 Å². The molecule has 0 aliphatic heterocycles. The van der Waals surface area contributed by atoms with Crippen LogP contribution in [0.2, 0.25) is 0 Å². The van der Waals surface area contributed by atoms with Crippen molar-refractivity contribution >= 4 is 28.2 Å². The number of hydrogen-bond donors (Lipinski definition) is 1. The van der Waals surface area contributed by atoms with E-state index in [4.69, 9.17) is 4.74 Å². The molecule has 0 radical (unpaired) electrons. The highest BCUT2D eigenvalue weighted by Crippen LogP contribution is 2.40. The maximum atomic E-state index is 12.1. The monoisotopic (exact) mass is 438 g/mol. The van der Waals surface area contributed by atoms with Gasteiger partial charge in [-0.2, -0.15) is 0 Å². The number of thiophene rings is 1. The fourth-order valence-corrected chi connectivity index (χ4v) is 5.16. The van der Waals surface area contributed by atoms with E-state index in [2.05, 4.69) is 37.9 Å². The molecule has 0 bridgehead atoms. The van der Waals surface area contributed by atoms with Gasteiger partial charge in [-0.25, -0.2) is 4.79 Å². The Hall–Kier alpha value is -1.40. The zero-order chi connectivity index (χ0) is 22.5. The fraction of sp³-hybridized carbons (Fsp3) is 0.750. The molecule has 1 amide bonds. The Morgan fingerprint density at radius 2 is 1.83 bits per heavy atom. The zero-order valence-corrected chi connectivity index (χ0v) is 20.8. The lowest BCUT2D eigenvalue weighted by atomic mass is 9.88. The summed E-state index contributed by atoms with van der Waals surface area (Å²) in [5.41, 5.74) is 1.65. The standard InChI is InChI=1S/C14H19NO3S.C10H23N/c1-4-18-14(17)12-10-6-5-8(2)7-11(10)19-13(12)15-9(3)16;1-4-7-8-9-10-11(5-2)6-3/h8H,4-7H2,1-3H3,(H,15,16);4-10H2,1-3H3. The first-order valence-corrected chi connectivity index (χ1v) is 12.5. The van der Waals surface area contributed by atoms with E-state index in [0.717, 1.165) is 24.8 Å². The molecule has 1 heterocycles. The summed E-state index contributed by atoms with van der Waals surface area (Å²) < 4.78 is 5.12. The number of amides is 1. The van der Waals surface area contributed by atoms with Crippen LogP contribution in [0.3, 0.4) is 0 Å². The van der Waals surface area contributed by atoms with E-state index in [1.807, 2.05) is 0 Å². The van der Waals surface area contributed by atoms with Gasteiger partial charge < -0.3 is 15.0 Å². The summed E-state index contributed by atoms with van der Waals surface area (Å²) in [6.07, 6.45) is 8.49. The van der Waals surface area contributed by atoms with Crippen molar-refractivity contribution in [2.24, 2.45) is 5.92 Å². The molecule has 1 aromatic heterocycles. The minimum absolute atomic E-state index is 0.155. The van der Waals surface area contributed by atoms with Crippen molar-refractivity contribution < 1.29 is 14.3 Å². The molecule has 0 fully saturated rings. The number of unbranched alkanes of at least 4 members (excludes halogenated alkanes) is 3. The van der Waals surface area contributed by atoms with Crippen LogP contribution in [0, 0.1) is 5.92 Å². The molecule has 1 atom stereocenters. The Morgan fingerprint density at radius 3 is 2.40 bits per heavy atom. The van der Waals surface area contributed by atoms with E-state index in [1.165, 1.54) is 68.5 Å². The van der Waals surface area contributed by atoms with Crippen LogP contribution < -0.4 is 5.32 Å². The molecule has 1 aliphatic carbocycles. The highest BCUT2D eigenvalue weighted by molar-refractivity contribution is 7.17. The van der Waals surface area contributed by atoms with Gasteiger partial charge in [-0.05, 0) is 63.7 Å². The third-order valence-corrected chi connectivity index (χ3v) is 6.67. The van der Waals surface area contributed by atoms with E-state index < -0.39 is 0 Å². The summed E-state index contributed by atoms with van der Waals surface area (Å²) in [6, 6.07) is 0. The summed E-state index contributed by atoms with van der Waals surface area (Å²) >= 11 is 1.52. The first kappa shape index (κ1) is 26.6. The zero-order valence-electron chi connectivity index (χ0n) is 19.9. The summed E-state index contributed by atoms with van der Waals surface area (Å²) in [6.45, 7) is 16.3. The SMILES string of the molecule is CCCCCCN(CC)CC.CCOC(=O)c1c(NC(C)=O)sc2c1CCC(C)C2. The smallest absolute Gasteiger partial charge is 0.341 e. The second-order valence-corrected chi connectivity index (χ2v) is 9.15. The fourth-order valence-electron chi connectivity index (χ4n) is 3.72. The van der Waals surface area contributed by atoms with Crippen molar-refractivity contribution in [1.29, 1.82) is 0 Å². The number of ether oxygens (including phenoxy) is 1. The summed E-state index contributed by atoms with van der Waals surface area (Å²) in [5.74, 6) is 0.155. The predicted molar refractivity (Wildman–Crippen MR) is 128 cm³/mol. The van der Waals surface area contributed by atoms with Gasteiger partial charge in [0.15, 0.2) is 0 Å². The molecule has 172 valence electrons. The summed E-state index contributed by atoms with van der Waals surface area (Å²) in [7, 11) is 0. The van der Waals surface area contributed by atoms with Gasteiger partial charge in [0.05, 0.1) is 12.2 Å². The minimum atomic E-state index is -0.321. The molecule has 6 heteroatoms. The lowest BCUT2D eigenvalue weighted by Gasteiger charge is -2.18. The van der Waals surface area contributed by atoms with Crippen LogP contribution >= 0.6 is 11.3 Å². The van der Waals surface area contributed by atoms with Gasteiger partial charge in [0.2, 0.25) is 5.91 Å². The number of fused-ring (bicyclic) bond motifs is 1. The molecule has 30 heavy (non-hydrogen) atoms. The molecule has 1 N–H and O–H groups in total. The molecule has 0 saturated heterocycles. The van der Waals surface area contributed by atoms with Gasteiger partial charge in [-0.1, -0.05) is 47.0 Å². The van der Waals surface area contributed by atoms with Gasteiger partial charge in [0.1, 0.15) is 5.00 Å². The lowest BCUT2D eigenvalue weighted by Crippen LogP contribution is -2.23. The molecule has 2 rings (SSSR count). The normalized spacial score (nSPS) is 15.2. The van der Waals surface area contributed by atoms with E-state index in [9.17, 15) is 9.59 Å². The van der Waals surface area contributed by atoms with E-state index >= 15 is 0 Å². The lowest BCUT2D eigenvalue weighted by molar-refractivity contribution is -0.114. The van der Waals surface area contributed by atoms with Gasteiger partial charge >= 0.3 is 5.97 Å². The van der Waals surface area contributed by atoms with Crippen LogP contribution in [0.25, 0.3) is 0 Å². The highest BCUT2D eigenvalue weighted by atomic mass is 32.1. The number of nitrogens with zero attached hydrogens (tertiary/aromatic N) is 1. The number of hydrogen-bond acceptors (Lipinski definition) is 5. The number of anilines is 1. The van der Waals surface area contributed by atoms with Crippen molar-refractivity contribution in [2.75, 3.05) is 31.6 Å². The molecule has 0 saturated carbocycles. The van der Waals surface area contributed by atoms with Crippen molar-refractivity contribution in [1.82, 2.24) is 4.90 Å². The van der Waals surface area contributed by atoms with Crippen LogP contribution in [-0.4, -0.2) is 43.0 Å². The van der Waals surface area contributed by atoms with E-state index in [0.29, 0.717) is 23.1 Å². The van der Waals surface area contributed by atoms with E-state index in [1.54, 1.807) is 6.92 Å². The van der Waals surface area contributed by atoms with Crippen molar-refractivity contribution in [3.63, 3.8) is 0 Å².